The van der Waals surface area contributed by atoms with Crippen molar-refractivity contribution in [3.05, 3.63) is 65.7 Å². The fourth-order valence-corrected chi connectivity index (χ4v) is 2.35. The molecule has 0 atom stereocenters. The van der Waals surface area contributed by atoms with Gasteiger partial charge in [-0.1, -0.05) is 6.07 Å². The van der Waals surface area contributed by atoms with Crippen LogP contribution in [0.4, 0.5) is 11.6 Å². The van der Waals surface area contributed by atoms with E-state index in [1.54, 1.807) is 42.5 Å². The van der Waals surface area contributed by atoms with Crippen LogP contribution in [0.5, 0.6) is 23.0 Å². The van der Waals surface area contributed by atoms with Crippen molar-refractivity contribution in [2.75, 3.05) is 14.2 Å². The Hall–Kier alpha value is -3.87. The standard InChI is InChI=1S/C21H19N3O4/c1-27-16-8-6-14(18(25)10-16)12-22-20-4-3-5-21(24-20)23-13-15-7-9-17(28-2)11-19(15)26/h3-13,25-26H,1-2H3. The van der Waals surface area contributed by atoms with Crippen LogP contribution >= 0.6 is 0 Å². The van der Waals surface area contributed by atoms with Gasteiger partial charge in [-0.2, -0.15) is 0 Å². The summed E-state index contributed by atoms with van der Waals surface area (Å²) in [5.74, 6) is 2.11. The summed E-state index contributed by atoms with van der Waals surface area (Å²) in [5.41, 5.74) is 1.08. The van der Waals surface area contributed by atoms with Crippen molar-refractivity contribution in [3.63, 3.8) is 0 Å². The smallest absolute Gasteiger partial charge is 0.154 e. The second kappa shape index (κ2) is 8.68. The van der Waals surface area contributed by atoms with Gasteiger partial charge >= 0.3 is 0 Å². The predicted octanol–water partition coefficient (Wildman–Crippen LogP) is 4.01. The third-order valence-electron chi connectivity index (χ3n) is 3.87. The molecule has 0 aliphatic rings. The zero-order valence-electron chi connectivity index (χ0n) is 15.4. The van der Waals surface area contributed by atoms with Crippen LogP contribution in [-0.2, 0) is 0 Å². The molecule has 1 heterocycles. The summed E-state index contributed by atoms with van der Waals surface area (Å²) in [5, 5.41) is 20.0. The van der Waals surface area contributed by atoms with Crippen molar-refractivity contribution in [1.29, 1.82) is 0 Å². The summed E-state index contributed by atoms with van der Waals surface area (Å²) in [4.78, 5) is 12.9. The van der Waals surface area contributed by atoms with Gasteiger partial charge < -0.3 is 19.7 Å². The minimum Gasteiger partial charge on any atom is -0.507 e. The van der Waals surface area contributed by atoms with E-state index >= 15 is 0 Å². The lowest BCUT2D eigenvalue weighted by atomic mass is 10.2. The number of benzene rings is 2. The molecule has 2 aromatic carbocycles. The predicted molar refractivity (Wildman–Crippen MR) is 108 cm³/mol. The molecule has 0 spiro atoms. The van der Waals surface area contributed by atoms with Crippen LogP contribution in [0.25, 0.3) is 0 Å². The number of hydrogen-bond donors (Lipinski definition) is 2. The highest BCUT2D eigenvalue weighted by molar-refractivity contribution is 5.86. The van der Waals surface area contributed by atoms with Gasteiger partial charge in [0.1, 0.15) is 23.0 Å². The molecule has 0 aliphatic carbocycles. The first-order valence-electron chi connectivity index (χ1n) is 8.38. The van der Waals surface area contributed by atoms with E-state index in [-0.39, 0.29) is 11.5 Å². The van der Waals surface area contributed by atoms with Crippen molar-refractivity contribution in [3.8, 4) is 23.0 Å². The van der Waals surface area contributed by atoms with Crippen molar-refractivity contribution in [2.45, 2.75) is 0 Å². The van der Waals surface area contributed by atoms with Gasteiger partial charge in [-0.15, -0.1) is 0 Å². The summed E-state index contributed by atoms with van der Waals surface area (Å²) < 4.78 is 10.1. The number of aromatic hydroxyl groups is 2. The number of hydrogen-bond acceptors (Lipinski definition) is 7. The molecule has 2 N–H and O–H groups in total. The maximum atomic E-state index is 9.98. The molecular weight excluding hydrogens is 358 g/mol. The van der Waals surface area contributed by atoms with Gasteiger partial charge in [0.15, 0.2) is 11.6 Å². The molecular formula is C21H19N3O4. The number of nitrogens with zero attached hydrogens (tertiary/aromatic N) is 3. The van der Waals surface area contributed by atoms with Gasteiger partial charge in [0.25, 0.3) is 0 Å². The summed E-state index contributed by atoms with van der Waals surface area (Å²) >= 11 is 0. The molecule has 0 amide bonds. The van der Waals surface area contributed by atoms with Gasteiger partial charge in [-0.25, -0.2) is 15.0 Å². The van der Waals surface area contributed by atoms with E-state index in [0.29, 0.717) is 34.3 Å². The second-order valence-electron chi connectivity index (χ2n) is 5.72. The maximum absolute atomic E-state index is 9.98. The molecule has 0 radical (unpaired) electrons. The first-order valence-corrected chi connectivity index (χ1v) is 8.38. The number of phenols is 2. The SMILES string of the molecule is COc1ccc(C=Nc2cccc(N=Cc3ccc(OC)cc3O)n2)c(O)c1. The monoisotopic (exact) mass is 377 g/mol. The first kappa shape index (κ1) is 18.9. The Morgan fingerprint density at radius 2 is 1.21 bits per heavy atom. The number of pyridine rings is 1. The fraction of sp³-hybridized carbons (Fsp3) is 0.0952. The highest BCUT2D eigenvalue weighted by Gasteiger charge is 2.02. The lowest BCUT2D eigenvalue weighted by molar-refractivity contribution is 0.407. The number of aliphatic imine (C=N–C) groups is 2. The zero-order valence-corrected chi connectivity index (χ0v) is 15.4. The van der Waals surface area contributed by atoms with E-state index in [1.165, 1.54) is 38.8 Å². The Morgan fingerprint density at radius 3 is 1.61 bits per heavy atom. The molecule has 1 aromatic heterocycles. The molecule has 0 saturated carbocycles. The summed E-state index contributed by atoms with van der Waals surface area (Å²) in [7, 11) is 3.06. The van der Waals surface area contributed by atoms with Crippen LogP contribution < -0.4 is 9.47 Å². The lowest BCUT2D eigenvalue weighted by Gasteiger charge is -2.03. The number of phenolic OH excluding ortho intramolecular Hbond substituents is 2. The van der Waals surface area contributed by atoms with E-state index in [0.717, 1.165) is 0 Å². The van der Waals surface area contributed by atoms with E-state index in [2.05, 4.69) is 15.0 Å². The minimum absolute atomic E-state index is 0.0623. The molecule has 3 rings (SSSR count). The largest absolute Gasteiger partial charge is 0.507 e. The Morgan fingerprint density at radius 1 is 0.750 bits per heavy atom. The van der Waals surface area contributed by atoms with Gasteiger partial charge in [0.05, 0.1) is 14.2 Å². The molecule has 7 heteroatoms. The van der Waals surface area contributed by atoms with Crippen molar-refractivity contribution in [2.24, 2.45) is 9.98 Å². The average Bonchev–Trinajstić information content (AvgIpc) is 2.72. The summed E-state index contributed by atoms with van der Waals surface area (Å²) in [6.45, 7) is 0. The van der Waals surface area contributed by atoms with Crippen LogP contribution in [0, 0.1) is 0 Å². The maximum Gasteiger partial charge on any atom is 0.154 e. The normalized spacial score (nSPS) is 11.2. The topological polar surface area (TPSA) is 96.5 Å². The van der Waals surface area contributed by atoms with Crippen molar-refractivity contribution < 1.29 is 19.7 Å². The average molecular weight is 377 g/mol. The van der Waals surface area contributed by atoms with E-state index in [1.807, 2.05) is 0 Å². The third-order valence-corrected chi connectivity index (χ3v) is 3.87. The second-order valence-corrected chi connectivity index (χ2v) is 5.72. The molecule has 0 saturated heterocycles. The lowest BCUT2D eigenvalue weighted by Crippen LogP contribution is -1.87. The van der Waals surface area contributed by atoms with Crippen molar-refractivity contribution in [1.82, 2.24) is 4.98 Å². The fourth-order valence-electron chi connectivity index (χ4n) is 2.35. The molecule has 0 fully saturated rings. The van der Waals surface area contributed by atoms with Gasteiger partial charge in [-0.05, 0) is 36.4 Å². The Balaban J connectivity index is 1.77. The highest BCUT2D eigenvalue weighted by atomic mass is 16.5. The number of ether oxygens (including phenoxy) is 2. The summed E-state index contributed by atoms with van der Waals surface area (Å²) in [6.07, 6.45) is 3.03. The van der Waals surface area contributed by atoms with Gasteiger partial charge in [0, 0.05) is 35.7 Å². The van der Waals surface area contributed by atoms with Gasteiger partial charge in [-0.3, -0.25) is 0 Å². The van der Waals surface area contributed by atoms with E-state index in [9.17, 15) is 10.2 Å². The van der Waals surface area contributed by atoms with Crippen LogP contribution in [0.2, 0.25) is 0 Å². The Bertz CT molecular complexity index is 953. The number of methoxy groups -OCH3 is 2. The first-order chi connectivity index (χ1) is 13.6. The zero-order chi connectivity index (χ0) is 19.9. The van der Waals surface area contributed by atoms with Crippen molar-refractivity contribution >= 4 is 24.1 Å². The molecule has 0 unspecified atom stereocenters. The molecule has 28 heavy (non-hydrogen) atoms. The molecule has 0 aliphatic heterocycles. The number of rotatable bonds is 6. The quantitative estimate of drug-likeness (QED) is 0.633. The van der Waals surface area contributed by atoms with Crippen LogP contribution in [0.3, 0.4) is 0 Å². The molecule has 3 aromatic rings. The molecule has 142 valence electrons. The Labute approximate surface area is 162 Å². The third kappa shape index (κ3) is 4.64. The Kier molecular flexibility index (Phi) is 5.86. The van der Waals surface area contributed by atoms with E-state index in [4.69, 9.17) is 9.47 Å². The van der Waals surface area contributed by atoms with Crippen LogP contribution in [0.15, 0.2) is 64.6 Å². The van der Waals surface area contributed by atoms with Crippen LogP contribution in [-0.4, -0.2) is 41.8 Å². The summed E-state index contributed by atoms with van der Waals surface area (Å²) in [6, 6.07) is 15.1. The van der Waals surface area contributed by atoms with E-state index < -0.39 is 0 Å². The van der Waals surface area contributed by atoms with Crippen LogP contribution in [0.1, 0.15) is 11.1 Å². The molecule has 7 nitrogen and oxygen atoms in total. The highest BCUT2D eigenvalue weighted by Crippen LogP contribution is 2.24. The molecule has 0 bridgehead atoms. The van der Waals surface area contributed by atoms with Gasteiger partial charge in [0.2, 0.25) is 0 Å². The number of aromatic nitrogens is 1. The minimum atomic E-state index is 0.0623.